The monoisotopic (exact) mass is 353 g/mol. The lowest BCUT2D eigenvalue weighted by Crippen LogP contribution is -2.17. The molecule has 2 aromatic rings. The highest BCUT2D eigenvalue weighted by molar-refractivity contribution is 8.00. The second kappa shape index (κ2) is 8.68. The van der Waals surface area contributed by atoms with Crippen LogP contribution in [0.5, 0.6) is 0 Å². The van der Waals surface area contributed by atoms with E-state index < -0.39 is 0 Å². The van der Waals surface area contributed by atoms with E-state index in [4.69, 9.17) is 0 Å². The van der Waals surface area contributed by atoms with Gasteiger partial charge in [-0.1, -0.05) is 43.8 Å². The van der Waals surface area contributed by atoms with Gasteiger partial charge in [-0.2, -0.15) is 5.26 Å². The minimum absolute atomic E-state index is 0.0783. The highest BCUT2D eigenvalue weighted by atomic mass is 32.2. The van der Waals surface area contributed by atoms with Crippen molar-refractivity contribution in [3.05, 3.63) is 52.2 Å². The Balaban J connectivity index is 2.14. The average Bonchev–Trinajstić information content (AvgIpc) is 2.59. The van der Waals surface area contributed by atoms with Gasteiger partial charge in [0, 0.05) is 11.4 Å². The summed E-state index contributed by atoms with van der Waals surface area (Å²) in [5.41, 5.74) is 5.49. The smallest absolute Gasteiger partial charge is 0.234 e. The van der Waals surface area contributed by atoms with Crippen LogP contribution in [0.2, 0.25) is 0 Å². The van der Waals surface area contributed by atoms with Gasteiger partial charge in [0.2, 0.25) is 5.91 Å². The molecule has 1 aromatic heterocycles. The molecule has 2 rings (SSSR count). The molecule has 5 heteroatoms. The minimum Gasteiger partial charge on any atom is -0.325 e. The molecular weight excluding hydrogens is 330 g/mol. The molecular formula is C20H23N3OS. The average molecular weight is 353 g/mol. The van der Waals surface area contributed by atoms with Crippen LogP contribution < -0.4 is 5.32 Å². The summed E-state index contributed by atoms with van der Waals surface area (Å²) in [7, 11) is 0. The van der Waals surface area contributed by atoms with E-state index in [0.717, 1.165) is 40.9 Å². The van der Waals surface area contributed by atoms with Crippen LogP contribution in [0.4, 0.5) is 5.69 Å². The van der Waals surface area contributed by atoms with Crippen LogP contribution in [0.1, 0.15) is 41.8 Å². The van der Waals surface area contributed by atoms with E-state index in [0.29, 0.717) is 10.6 Å². The van der Waals surface area contributed by atoms with E-state index in [1.807, 2.05) is 38.1 Å². The third-order valence-electron chi connectivity index (χ3n) is 4.03. The van der Waals surface area contributed by atoms with Crippen LogP contribution in [0.3, 0.4) is 0 Å². The van der Waals surface area contributed by atoms with Crippen molar-refractivity contribution in [3.63, 3.8) is 0 Å². The Bertz CT molecular complexity index is 802. The summed E-state index contributed by atoms with van der Waals surface area (Å²) in [4.78, 5) is 16.9. The normalized spacial score (nSPS) is 10.4. The maximum Gasteiger partial charge on any atom is 0.234 e. The molecule has 0 bridgehead atoms. The number of nitrogens with one attached hydrogen (secondary N) is 1. The number of hydrogen-bond donors (Lipinski definition) is 1. The number of para-hydroxylation sites is 1. The lowest BCUT2D eigenvalue weighted by atomic mass is 10.0. The molecule has 0 aliphatic rings. The molecule has 0 radical (unpaired) electrons. The molecule has 1 amide bonds. The SMILES string of the molecule is CCc1cccc(CC)c1NC(=O)CSc1nc(C)cc(C)c1C#N. The van der Waals surface area contributed by atoms with Gasteiger partial charge in [-0.3, -0.25) is 4.79 Å². The van der Waals surface area contributed by atoms with Crippen molar-refractivity contribution in [2.45, 2.75) is 45.6 Å². The van der Waals surface area contributed by atoms with Crippen molar-refractivity contribution < 1.29 is 4.79 Å². The molecule has 1 aromatic carbocycles. The van der Waals surface area contributed by atoms with Crippen LogP contribution in [-0.2, 0) is 17.6 Å². The van der Waals surface area contributed by atoms with Crippen LogP contribution in [-0.4, -0.2) is 16.6 Å². The van der Waals surface area contributed by atoms with Crippen molar-refractivity contribution >= 4 is 23.4 Å². The maximum absolute atomic E-state index is 12.4. The molecule has 130 valence electrons. The standard InChI is InChI=1S/C20H23N3OS/c1-5-15-8-7-9-16(6-2)19(15)23-18(24)12-25-20-17(11-21)13(3)10-14(4)22-20/h7-10H,5-6,12H2,1-4H3,(H,23,24). The Kier molecular flexibility index (Phi) is 6.60. The number of pyridine rings is 1. The van der Waals surface area contributed by atoms with Crippen molar-refractivity contribution in [2.24, 2.45) is 0 Å². The van der Waals surface area contributed by atoms with Gasteiger partial charge < -0.3 is 5.32 Å². The topological polar surface area (TPSA) is 65.8 Å². The molecule has 0 spiro atoms. The third-order valence-corrected chi connectivity index (χ3v) is 5.00. The Morgan fingerprint density at radius 2 is 1.88 bits per heavy atom. The van der Waals surface area contributed by atoms with Crippen molar-refractivity contribution in [1.82, 2.24) is 4.98 Å². The van der Waals surface area contributed by atoms with Crippen molar-refractivity contribution in [1.29, 1.82) is 5.26 Å². The van der Waals surface area contributed by atoms with Crippen LogP contribution >= 0.6 is 11.8 Å². The van der Waals surface area contributed by atoms with Crippen LogP contribution in [0, 0.1) is 25.2 Å². The highest BCUT2D eigenvalue weighted by Crippen LogP contribution is 2.26. The maximum atomic E-state index is 12.4. The van der Waals surface area contributed by atoms with Gasteiger partial charge >= 0.3 is 0 Å². The van der Waals surface area contributed by atoms with Gasteiger partial charge in [0.15, 0.2) is 0 Å². The van der Waals surface area contributed by atoms with E-state index in [-0.39, 0.29) is 11.7 Å². The Morgan fingerprint density at radius 1 is 1.24 bits per heavy atom. The van der Waals surface area contributed by atoms with E-state index in [9.17, 15) is 10.1 Å². The summed E-state index contributed by atoms with van der Waals surface area (Å²) in [6.45, 7) is 7.95. The number of amides is 1. The first-order valence-electron chi connectivity index (χ1n) is 8.41. The molecule has 0 saturated carbocycles. The van der Waals surface area contributed by atoms with Crippen molar-refractivity contribution in [3.8, 4) is 6.07 Å². The molecule has 1 N–H and O–H groups in total. The van der Waals surface area contributed by atoms with Gasteiger partial charge in [-0.25, -0.2) is 4.98 Å². The molecule has 25 heavy (non-hydrogen) atoms. The summed E-state index contributed by atoms with van der Waals surface area (Å²) in [5.74, 6) is 0.150. The van der Waals surface area contributed by atoms with E-state index in [1.165, 1.54) is 11.8 Å². The lowest BCUT2D eigenvalue weighted by Gasteiger charge is -2.14. The number of aryl methyl sites for hydroxylation is 4. The number of anilines is 1. The summed E-state index contributed by atoms with van der Waals surface area (Å²) in [6.07, 6.45) is 1.74. The molecule has 0 aliphatic carbocycles. The number of hydrogen-bond acceptors (Lipinski definition) is 4. The second-order valence-corrected chi connectivity index (χ2v) is 6.83. The lowest BCUT2D eigenvalue weighted by molar-refractivity contribution is -0.113. The Labute approximate surface area is 153 Å². The molecule has 1 heterocycles. The quantitative estimate of drug-likeness (QED) is 0.780. The summed E-state index contributed by atoms with van der Waals surface area (Å²) in [5, 5.41) is 13.0. The summed E-state index contributed by atoms with van der Waals surface area (Å²) < 4.78 is 0. The van der Waals surface area contributed by atoms with Gasteiger partial charge in [0.1, 0.15) is 11.1 Å². The Hall–Kier alpha value is -2.32. The predicted octanol–water partition coefficient (Wildman–Crippen LogP) is 4.43. The van der Waals surface area contributed by atoms with Gasteiger partial charge in [0.25, 0.3) is 0 Å². The molecule has 0 unspecified atom stereocenters. The molecule has 0 saturated heterocycles. The fourth-order valence-electron chi connectivity index (χ4n) is 2.76. The number of aromatic nitrogens is 1. The predicted molar refractivity (Wildman–Crippen MR) is 103 cm³/mol. The number of carbonyl (C=O) groups excluding carboxylic acids is 1. The zero-order valence-corrected chi connectivity index (χ0v) is 16.0. The first-order valence-corrected chi connectivity index (χ1v) is 9.40. The number of nitriles is 1. The minimum atomic E-state index is -0.0783. The van der Waals surface area contributed by atoms with Gasteiger partial charge in [0.05, 0.1) is 11.3 Å². The van der Waals surface area contributed by atoms with Crippen LogP contribution in [0.15, 0.2) is 29.3 Å². The van der Waals surface area contributed by atoms with Gasteiger partial charge in [-0.15, -0.1) is 0 Å². The number of carbonyl (C=O) groups is 1. The fourth-order valence-corrected chi connectivity index (χ4v) is 3.65. The number of benzene rings is 1. The number of nitrogens with zero attached hydrogens (tertiary/aromatic N) is 2. The molecule has 0 aliphatic heterocycles. The number of rotatable bonds is 6. The number of thioether (sulfide) groups is 1. The van der Waals surface area contributed by atoms with E-state index in [1.54, 1.807) is 0 Å². The first kappa shape index (κ1) is 19.0. The molecule has 0 atom stereocenters. The zero-order chi connectivity index (χ0) is 18.4. The van der Waals surface area contributed by atoms with E-state index in [2.05, 4.69) is 30.2 Å². The van der Waals surface area contributed by atoms with E-state index >= 15 is 0 Å². The first-order chi connectivity index (χ1) is 12.0. The molecule has 0 fully saturated rings. The third kappa shape index (κ3) is 4.61. The highest BCUT2D eigenvalue weighted by Gasteiger charge is 2.14. The van der Waals surface area contributed by atoms with Crippen LogP contribution in [0.25, 0.3) is 0 Å². The summed E-state index contributed by atoms with van der Waals surface area (Å²) in [6, 6.07) is 10.2. The second-order valence-electron chi connectivity index (χ2n) is 5.87. The van der Waals surface area contributed by atoms with Gasteiger partial charge in [-0.05, 0) is 49.4 Å². The van der Waals surface area contributed by atoms with Crippen molar-refractivity contribution in [2.75, 3.05) is 11.1 Å². The largest absolute Gasteiger partial charge is 0.325 e. The fraction of sp³-hybridized carbons (Fsp3) is 0.350. The zero-order valence-electron chi connectivity index (χ0n) is 15.1. The Morgan fingerprint density at radius 3 is 2.44 bits per heavy atom. The molecule has 4 nitrogen and oxygen atoms in total. The summed E-state index contributed by atoms with van der Waals surface area (Å²) >= 11 is 1.31.